The number of carbonyl (C=O) groups excluding carboxylic acids is 1. The second kappa shape index (κ2) is 8.64. The van der Waals surface area contributed by atoms with Crippen molar-refractivity contribution < 1.29 is 14.3 Å². The lowest BCUT2D eigenvalue weighted by atomic mass is 10.2. The van der Waals surface area contributed by atoms with Crippen LogP contribution in [0.2, 0.25) is 0 Å². The maximum atomic E-state index is 11.2. The van der Waals surface area contributed by atoms with Gasteiger partial charge in [0.1, 0.15) is 6.10 Å². The number of hydrogen-bond acceptors (Lipinski definition) is 4. The number of nitrogens with two attached hydrogens (primary N) is 1. The van der Waals surface area contributed by atoms with Crippen molar-refractivity contribution in [3.63, 3.8) is 0 Å². The van der Waals surface area contributed by atoms with Crippen LogP contribution >= 0.6 is 0 Å². The first-order chi connectivity index (χ1) is 7.11. The van der Waals surface area contributed by atoms with E-state index in [1.165, 1.54) is 0 Å². The molecule has 0 aliphatic carbocycles. The predicted octanol–water partition coefficient (Wildman–Crippen LogP) is 0.587. The lowest BCUT2D eigenvalue weighted by molar-refractivity contribution is -0.134. The van der Waals surface area contributed by atoms with Crippen molar-refractivity contribution in [3.8, 4) is 0 Å². The molecule has 0 bridgehead atoms. The SMILES string of the molecule is CCCC(OCCOC(C)C)C(=O)NN. The minimum absolute atomic E-state index is 0.182. The van der Waals surface area contributed by atoms with Crippen molar-refractivity contribution in [1.29, 1.82) is 0 Å². The quantitative estimate of drug-likeness (QED) is 0.270. The Bertz CT molecular complexity index is 174. The number of hydrogen-bond donors (Lipinski definition) is 2. The van der Waals surface area contributed by atoms with E-state index in [9.17, 15) is 4.79 Å². The summed E-state index contributed by atoms with van der Waals surface area (Å²) in [4.78, 5) is 11.2. The van der Waals surface area contributed by atoms with Gasteiger partial charge in [-0.2, -0.15) is 0 Å². The van der Waals surface area contributed by atoms with Crippen molar-refractivity contribution in [3.05, 3.63) is 0 Å². The van der Waals surface area contributed by atoms with Crippen molar-refractivity contribution in [1.82, 2.24) is 5.43 Å². The highest BCUT2D eigenvalue weighted by Gasteiger charge is 2.16. The van der Waals surface area contributed by atoms with Crippen LogP contribution in [0.15, 0.2) is 0 Å². The molecular formula is C10H22N2O3. The summed E-state index contributed by atoms with van der Waals surface area (Å²) in [5.74, 6) is 4.77. The van der Waals surface area contributed by atoms with Gasteiger partial charge in [-0.05, 0) is 20.3 Å². The number of nitrogens with one attached hydrogen (secondary N) is 1. The molecule has 0 saturated carbocycles. The number of hydrazine groups is 1. The molecule has 5 heteroatoms. The van der Waals surface area contributed by atoms with Gasteiger partial charge in [0, 0.05) is 0 Å². The standard InChI is InChI=1S/C10H22N2O3/c1-4-5-9(10(13)12-11)15-7-6-14-8(2)3/h8-9H,4-7,11H2,1-3H3,(H,12,13). The van der Waals surface area contributed by atoms with Crippen LogP contribution in [0.5, 0.6) is 0 Å². The maximum absolute atomic E-state index is 11.2. The zero-order valence-corrected chi connectivity index (χ0v) is 9.79. The molecule has 0 aromatic carbocycles. The van der Waals surface area contributed by atoms with E-state index in [0.29, 0.717) is 19.6 Å². The summed E-state index contributed by atoms with van der Waals surface area (Å²) in [7, 11) is 0. The molecule has 1 unspecified atom stereocenters. The van der Waals surface area contributed by atoms with Crippen molar-refractivity contribution in [2.24, 2.45) is 5.84 Å². The molecule has 0 aromatic heterocycles. The Kier molecular flexibility index (Phi) is 8.27. The number of amides is 1. The Labute approximate surface area is 91.3 Å². The van der Waals surface area contributed by atoms with Gasteiger partial charge in [0.2, 0.25) is 0 Å². The number of carbonyl (C=O) groups is 1. The lowest BCUT2D eigenvalue weighted by Gasteiger charge is -2.16. The van der Waals surface area contributed by atoms with E-state index in [0.717, 1.165) is 6.42 Å². The fraction of sp³-hybridized carbons (Fsp3) is 0.900. The molecule has 0 rings (SSSR count). The normalized spacial score (nSPS) is 12.9. The Hall–Kier alpha value is -0.650. The summed E-state index contributed by atoms with van der Waals surface area (Å²) in [5.41, 5.74) is 2.09. The van der Waals surface area contributed by atoms with Crippen LogP contribution in [-0.4, -0.2) is 31.3 Å². The van der Waals surface area contributed by atoms with Gasteiger partial charge in [-0.3, -0.25) is 10.2 Å². The van der Waals surface area contributed by atoms with Gasteiger partial charge in [-0.25, -0.2) is 5.84 Å². The van der Waals surface area contributed by atoms with Crippen LogP contribution in [0.25, 0.3) is 0 Å². The minimum Gasteiger partial charge on any atom is -0.376 e. The second-order valence-electron chi connectivity index (χ2n) is 3.58. The van der Waals surface area contributed by atoms with Gasteiger partial charge < -0.3 is 9.47 Å². The van der Waals surface area contributed by atoms with E-state index in [2.05, 4.69) is 5.43 Å². The Morgan fingerprint density at radius 1 is 1.33 bits per heavy atom. The van der Waals surface area contributed by atoms with Gasteiger partial charge in [-0.15, -0.1) is 0 Å². The molecule has 1 amide bonds. The highest BCUT2D eigenvalue weighted by Crippen LogP contribution is 2.02. The molecule has 90 valence electrons. The van der Waals surface area contributed by atoms with Crippen LogP contribution in [0.3, 0.4) is 0 Å². The van der Waals surface area contributed by atoms with Gasteiger partial charge in [0.25, 0.3) is 5.91 Å². The summed E-state index contributed by atoms with van der Waals surface area (Å²) >= 11 is 0. The molecular weight excluding hydrogens is 196 g/mol. The summed E-state index contributed by atoms with van der Waals surface area (Å²) in [6.45, 7) is 6.81. The second-order valence-corrected chi connectivity index (χ2v) is 3.58. The highest BCUT2D eigenvalue weighted by molar-refractivity contribution is 5.80. The van der Waals surface area contributed by atoms with Crippen LogP contribution < -0.4 is 11.3 Å². The highest BCUT2D eigenvalue weighted by atomic mass is 16.5. The van der Waals surface area contributed by atoms with E-state index in [-0.39, 0.29) is 12.0 Å². The summed E-state index contributed by atoms with van der Waals surface area (Å²) in [6.07, 6.45) is 1.27. The third kappa shape index (κ3) is 7.30. The molecule has 0 heterocycles. The third-order valence-electron chi connectivity index (χ3n) is 1.84. The molecule has 0 saturated heterocycles. The first-order valence-corrected chi connectivity index (χ1v) is 5.35. The lowest BCUT2D eigenvalue weighted by Crippen LogP contribution is -2.41. The van der Waals surface area contributed by atoms with E-state index in [1.807, 2.05) is 20.8 Å². The first-order valence-electron chi connectivity index (χ1n) is 5.35. The van der Waals surface area contributed by atoms with Crippen LogP contribution in [0.1, 0.15) is 33.6 Å². The van der Waals surface area contributed by atoms with Gasteiger partial charge in [0.05, 0.1) is 19.3 Å². The molecule has 0 aliphatic rings. The largest absolute Gasteiger partial charge is 0.376 e. The zero-order chi connectivity index (χ0) is 11.7. The Morgan fingerprint density at radius 3 is 2.40 bits per heavy atom. The molecule has 0 spiro atoms. The third-order valence-corrected chi connectivity index (χ3v) is 1.84. The van der Waals surface area contributed by atoms with Gasteiger partial charge in [-0.1, -0.05) is 13.3 Å². The average molecular weight is 218 g/mol. The van der Waals surface area contributed by atoms with Crippen LogP contribution in [-0.2, 0) is 14.3 Å². The van der Waals surface area contributed by atoms with E-state index in [4.69, 9.17) is 15.3 Å². The van der Waals surface area contributed by atoms with Gasteiger partial charge in [0.15, 0.2) is 0 Å². The van der Waals surface area contributed by atoms with E-state index >= 15 is 0 Å². The topological polar surface area (TPSA) is 73.6 Å². The minimum atomic E-state index is -0.462. The Balaban J connectivity index is 3.71. The average Bonchev–Trinajstić information content (AvgIpc) is 2.21. The van der Waals surface area contributed by atoms with Crippen molar-refractivity contribution in [2.75, 3.05) is 13.2 Å². The molecule has 0 radical (unpaired) electrons. The summed E-state index contributed by atoms with van der Waals surface area (Å²) in [5, 5.41) is 0. The fourth-order valence-corrected chi connectivity index (χ4v) is 1.12. The van der Waals surface area contributed by atoms with Gasteiger partial charge >= 0.3 is 0 Å². The molecule has 3 N–H and O–H groups in total. The summed E-state index contributed by atoms with van der Waals surface area (Å²) < 4.78 is 10.7. The maximum Gasteiger partial charge on any atom is 0.262 e. The smallest absolute Gasteiger partial charge is 0.262 e. The molecule has 0 aliphatic heterocycles. The van der Waals surface area contributed by atoms with Crippen molar-refractivity contribution >= 4 is 5.91 Å². The van der Waals surface area contributed by atoms with Crippen molar-refractivity contribution in [2.45, 2.75) is 45.8 Å². The monoisotopic (exact) mass is 218 g/mol. The molecule has 1 atom stereocenters. The Morgan fingerprint density at radius 2 is 1.93 bits per heavy atom. The van der Waals surface area contributed by atoms with Crippen LogP contribution in [0.4, 0.5) is 0 Å². The predicted molar refractivity (Wildman–Crippen MR) is 58.1 cm³/mol. The molecule has 15 heavy (non-hydrogen) atoms. The molecule has 0 fully saturated rings. The van der Waals surface area contributed by atoms with E-state index in [1.54, 1.807) is 0 Å². The molecule has 5 nitrogen and oxygen atoms in total. The van der Waals surface area contributed by atoms with E-state index < -0.39 is 6.10 Å². The number of ether oxygens (including phenoxy) is 2. The van der Waals surface area contributed by atoms with Crippen LogP contribution in [0, 0.1) is 0 Å². The molecule has 0 aromatic rings. The summed E-state index contributed by atoms with van der Waals surface area (Å²) in [6, 6.07) is 0. The number of rotatable bonds is 8. The fourth-order valence-electron chi connectivity index (χ4n) is 1.12. The first kappa shape index (κ1) is 14.3. The zero-order valence-electron chi connectivity index (χ0n) is 9.79.